The maximum absolute atomic E-state index is 12.5. The van der Waals surface area contributed by atoms with Crippen LogP contribution in [0.15, 0.2) is 24.3 Å². The number of amides is 2. The topological polar surface area (TPSA) is 58.6 Å². The van der Waals surface area contributed by atoms with Gasteiger partial charge in [-0.1, -0.05) is 24.3 Å². The number of aryl methyl sites for hydroxylation is 1. The molecule has 5 nitrogen and oxygen atoms in total. The normalized spacial score (nSPS) is 17.7. The summed E-state index contributed by atoms with van der Waals surface area (Å²) < 4.78 is 5.23. The van der Waals surface area contributed by atoms with Gasteiger partial charge in [-0.05, 0) is 51.2 Å². The summed E-state index contributed by atoms with van der Waals surface area (Å²) in [5, 5.41) is 2.80. The first-order valence-electron chi connectivity index (χ1n) is 8.54. The van der Waals surface area contributed by atoms with E-state index < -0.39 is 11.7 Å². The second kappa shape index (κ2) is 7.69. The van der Waals surface area contributed by atoms with Crippen LogP contribution in [-0.4, -0.2) is 42.1 Å². The number of nitrogens with zero attached hydrogens (tertiary/aromatic N) is 1. The Bertz CT molecular complexity index is 593. The minimum Gasteiger partial charge on any atom is -0.444 e. The number of hydrogen-bond donors (Lipinski definition) is 1. The lowest BCUT2D eigenvalue weighted by molar-refractivity contribution is -0.129. The summed E-state index contributed by atoms with van der Waals surface area (Å²) >= 11 is 0. The standard InChI is InChI=1S/C19H28N2O3/c1-14-7-5-6-8-16(14)11-17(22)21-10-9-15(13-21)12-20-18(23)24-19(2,3)4/h5-8,15H,9-13H2,1-4H3,(H,20,23). The largest absolute Gasteiger partial charge is 0.444 e. The van der Waals surface area contributed by atoms with Crippen LogP contribution in [0.5, 0.6) is 0 Å². The van der Waals surface area contributed by atoms with Gasteiger partial charge in [0.15, 0.2) is 0 Å². The van der Waals surface area contributed by atoms with E-state index in [0.717, 1.165) is 24.1 Å². The van der Waals surface area contributed by atoms with Crippen LogP contribution in [0.2, 0.25) is 0 Å². The van der Waals surface area contributed by atoms with Gasteiger partial charge in [-0.15, -0.1) is 0 Å². The Morgan fingerprint density at radius 3 is 2.67 bits per heavy atom. The Balaban J connectivity index is 1.77. The van der Waals surface area contributed by atoms with Crippen LogP contribution in [0.25, 0.3) is 0 Å². The van der Waals surface area contributed by atoms with Gasteiger partial charge in [-0.3, -0.25) is 4.79 Å². The van der Waals surface area contributed by atoms with Crippen LogP contribution in [0.3, 0.4) is 0 Å². The van der Waals surface area contributed by atoms with E-state index in [2.05, 4.69) is 5.32 Å². The molecule has 1 N–H and O–H groups in total. The number of rotatable bonds is 4. The molecule has 132 valence electrons. The van der Waals surface area contributed by atoms with Gasteiger partial charge in [-0.25, -0.2) is 4.79 Å². The van der Waals surface area contributed by atoms with Gasteiger partial charge in [0.2, 0.25) is 5.91 Å². The van der Waals surface area contributed by atoms with Crippen molar-refractivity contribution in [2.24, 2.45) is 5.92 Å². The lowest BCUT2D eigenvalue weighted by atomic mass is 10.1. The zero-order valence-electron chi connectivity index (χ0n) is 15.1. The van der Waals surface area contributed by atoms with E-state index in [4.69, 9.17) is 4.74 Å². The molecule has 0 saturated carbocycles. The molecular weight excluding hydrogens is 304 g/mol. The molecule has 1 unspecified atom stereocenters. The third kappa shape index (κ3) is 5.55. The van der Waals surface area contributed by atoms with E-state index >= 15 is 0 Å². The lowest BCUT2D eigenvalue weighted by Crippen LogP contribution is -2.36. The predicted molar refractivity (Wildman–Crippen MR) is 93.8 cm³/mol. The highest BCUT2D eigenvalue weighted by atomic mass is 16.6. The van der Waals surface area contributed by atoms with E-state index in [1.54, 1.807) is 0 Å². The van der Waals surface area contributed by atoms with Crippen molar-refractivity contribution >= 4 is 12.0 Å². The quantitative estimate of drug-likeness (QED) is 0.922. The fraction of sp³-hybridized carbons (Fsp3) is 0.579. The molecule has 0 radical (unpaired) electrons. The maximum Gasteiger partial charge on any atom is 0.407 e. The Morgan fingerprint density at radius 2 is 2.00 bits per heavy atom. The Morgan fingerprint density at radius 1 is 1.29 bits per heavy atom. The lowest BCUT2D eigenvalue weighted by Gasteiger charge is -2.21. The summed E-state index contributed by atoms with van der Waals surface area (Å²) in [5.74, 6) is 0.447. The van der Waals surface area contributed by atoms with Gasteiger partial charge in [0.05, 0.1) is 6.42 Å². The van der Waals surface area contributed by atoms with Crippen molar-refractivity contribution in [3.05, 3.63) is 35.4 Å². The fourth-order valence-electron chi connectivity index (χ4n) is 2.85. The molecule has 0 bridgehead atoms. The molecule has 2 amide bonds. The number of ether oxygens (including phenoxy) is 1. The number of alkyl carbamates (subject to hydrolysis) is 1. The van der Waals surface area contributed by atoms with Gasteiger partial charge in [-0.2, -0.15) is 0 Å². The number of nitrogens with one attached hydrogen (secondary N) is 1. The second-order valence-corrected chi connectivity index (χ2v) is 7.48. The molecule has 1 aliphatic heterocycles. The number of likely N-dealkylation sites (tertiary alicyclic amines) is 1. The zero-order valence-corrected chi connectivity index (χ0v) is 15.1. The molecule has 1 heterocycles. The number of benzene rings is 1. The maximum atomic E-state index is 12.5. The summed E-state index contributed by atoms with van der Waals surface area (Å²) in [4.78, 5) is 26.0. The fourth-order valence-corrected chi connectivity index (χ4v) is 2.85. The summed E-state index contributed by atoms with van der Waals surface area (Å²) in [6, 6.07) is 7.98. The monoisotopic (exact) mass is 332 g/mol. The molecule has 1 saturated heterocycles. The van der Waals surface area contributed by atoms with Crippen molar-refractivity contribution in [1.82, 2.24) is 10.2 Å². The van der Waals surface area contributed by atoms with Gasteiger partial charge in [0, 0.05) is 19.6 Å². The zero-order chi connectivity index (χ0) is 17.7. The van der Waals surface area contributed by atoms with Gasteiger partial charge in [0.25, 0.3) is 0 Å². The molecule has 5 heteroatoms. The van der Waals surface area contributed by atoms with Crippen molar-refractivity contribution in [3.8, 4) is 0 Å². The molecule has 1 aromatic rings. The Kier molecular flexibility index (Phi) is 5.86. The molecule has 0 spiro atoms. The van der Waals surface area contributed by atoms with Crippen LogP contribution in [-0.2, 0) is 16.0 Å². The van der Waals surface area contributed by atoms with E-state index in [0.29, 0.717) is 25.4 Å². The number of carbonyl (C=O) groups excluding carboxylic acids is 2. The summed E-state index contributed by atoms with van der Waals surface area (Å²) in [5.41, 5.74) is 1.74. The summed E-state index contributed by atoms with van der Waals surface area (Å²) in [7, 11) is 0. The molecule has 0 aliphatic carbocycles. The van der Waals surface area contributed by atoms with Gasteiger partial charge >= 0.3 is 6.09 Å². The van der Waals surface area contributed by atoms with Crippen molar-refractivity contribution in [3.63, 3.8) is 0 Å². The molecule has 1 aromatic carbocycles. The first-order chi connectivity index (χ1) is 11.2. The summed E-state index contributed by atoms with van der Waals surface area (Å²) in [6.07, 6.45) is 0.959. The van der Waals surface area contributed by atoms with Gasteiger partial charge in [0.1, 0.15) is 5.60 Å². The highest BCUT2D eigenvalue weighted by Gasteiger charge is 2.27. The first-order valence-corrected chi connectivity index (χ1v) is 8.54. The van der Waals surface area contributed by atoms with E-state index in [1.165, 1.54) is 0 Å². The average Bonchev–Trinajstić information content (AvgIpc) is 2.95. The highest BCUT2D eigenvalue weighted by molar-refractivity contribution is 5.79. The first kappa shape index (κ1) is 18.3. The molecular formula is C19H28N2O3. The minimum atomic E-state index is -0.491. The van der Waals surface area contributed by atoms with E-state index in [-0.39, 0.29) is 5.91 Å². The smallest absolute Gasteiger partial charge is 0.407 e. The predicted octanol–water partition coefficient (Wildman–Crippen LogP) is 2.91. The van der Waals surface area contributed by atoms with Crippen molar-refractivity contribution < 1.29 is 14.3 Å². The molecule has 2 rings (SSSR count). The molecule has 1 fully saturated rings. The van der Waals surface area contributed by atoms with E-state index in [9.17, 15) is 9.59 Å². The number of hydrogen-bond acceptors (Lipinski definition) is 3. The SMILES string of the molecule is Cc1ccccc1CC(=O)N1CCC(CNC(=O)OC(C)(C)C)C1. The average molecular weight is 332 g/mol. The van der Waals surface area contributed by atoms with Crippen molar-refractivity contribution in [1.29, 1.82) is 0 Å². The third-order valence-corrected chi connectivity index (χ3v) is 4.18. The second-order valence-electron chi connectivity index (χ2n) is 7.48. The van der Waals surface area contributed by atoms with Crippen LogP contribution in [0, 0.1) is 12.8 Å². The third-order valence-electron chi connectivity index (χ3n) is 4.18. The van der Waals surface area contributed by atoms with Crippen LogP contribution < -0.4 is 5.32 Å². The Hall–Kier alpha value is -2.04. The molecule has 1 aliphatic rings. The van der Waals surface area contributed by atoms with Crippen LogP contribution in [0.4, 0.5) is 4.79 Å². The molecule has 0 aromatic heterocycles. The van der Waals surface area contributed by atoms with Gasteiger partial charge < -0.3 is 15.0 Å². The molecule has 1 atom stereocenters. The summed E-state index contributed by atoms with van der Waals surface area (Å²) in [6.45, 7) is 9.55. The minimum absolute atomic E-state index is 0.157. The highest BCUT2D eigenvalue weighted by Crippen LogP contribution is 2.18. The van der Waals surface area contributed by atoms with E-state index in [1.807, 2.05) is 56.9 Å². The van der Waals surface area contributed by atoms with Crippen molar-refractivity contribution in [2.45, 2.75) is 46.1 Å². The number of carbonyl (C=O) groups is 2. The Labute approximate surface area is 144 Å². The van der Waals surface area contributed by atoms with Crippen molar-refractivity contribution in [2.75, 3.05) is 19.6 Å². The van der Waals surface area contributed by atoms with Crippen LogP contribution >= 0.6 is 0 Å². The molecule has 24 heavy (non-hydrogen) atoms. The van der Waals surface area contributed by atoms with Crippen LogP contribution in [0.1, 0.15) is 38.3 Å².